The van der Waals surface area contributed by atoms with Crippen molar-refractivity contribution in [1.29, 1.82) is 5.26 Å². The molecule has 0 aliphatic rings. The quantitative estimate of drug-likeness (QED) is 0.707. The number of imidazole rings is 1. The van der Waals surface area contributed by atoms with Crippen LogP contribution in [-0.2, 0) is 0 Å². The number of benzene rings is 1. The van der Waals surface area contributed by atoms with Crippen LogP contribution in [0.2, 0.25) is 0 Å². The van der Waals surface area contributed by atoms with Crippen molar-refractivity contribution in [3.05, 3.63) is 60.2 Å². The Kier molecular flexibility index (Phi) is 2.79. The van der Waals surface area contributed by atoms with Crippen molar-refractivity contribution in [1.82, 2.24) is 15.0 Å². The van der Waals surface area contributed by atoms with Crippen LogP contribution in [0.1, 0.15) is 11.4 Å². The highest BCUT2D eigenvalue weighted by Gasteiger charge is 2.07. The van der Waals surface area contributed by atoms with E-state index in [1.807, 2.05) is 36.4 Å². The molecular weight excluding hydrogens is 236 g/mol. The zero-order valence-electron chi connectivity index (χ0n) is 10.0. The summed E-state index contributed by atoms with van der Waals surface area (Å²) in [5.41, 5.74) is 3.20. The number of hydrogen-bond acceptors (Lipinski definition) is 3. The molecule has 0 aliphatic heterocycles. The van der Waals surface area contributed by atoms with E-state index in [0.717, 1.165) is 16.6 Å². The van der Waals surface area contributed by atoms with Gasteiger partial charge in [-0.05, 0) is 35.9 Å². The summed E-state index contributed by atoms with van der Waals surface area (Å²) in [4.78, 5) is 11.5. The van der Waals surface area contributed by atoms with E-state index >= 15 is 0 Å². The summed E-state index contributed by atoms with van der Waals surface area (Å²) in [7, 11) is 0. The molecule has 0 unspecified atom stereocenters. The molecule has 0 atom stereocenters. The minimum absolute atomic E-state index is 0.502. The molecule has 0 saturated carbocycles. The molecule has 1 aromatic carbocycles. The van der Waals surface area contributed by atoms with E-state index in [0.29, 0.717) is 11.4 Å². The Bertz CT molecular complexity index is 746. The van der Waals surface area contributed by atoms with Crippen LogP contribution in [0.4, 0.5) is 0 Å². The van der Waals surface area contributed by atoms with Crippen molar-refractivity contribution in [3.8, 4) is 6.07 Å². The highest BCUT2D eigenvalue weighted by atomic mass is 14.9. The molecule has 90 valence electrons. The molecule has 2 aromatic heterocycles. The monoisotopic (exact) mass is 246 g/mol. The lowest BCUT2D eigenvalue weighted by atomic mass is 10.1. The molecule has 0 amide bonds. The third-order valence-corrected chi connectivity index (χ3v) is 2.78. The maximum Gasteiger partial charge on any atom is 0.149 e. The average Bonchev–Trinajstić information content (AvgIpc) is 2.89. The van der Waals surface area contributed by atoms with Crippen LogP contribution in [0, 0.1) is 11.3 Å². The third kappa shape index (κ3) is 2.22. The lowest BCUT2D eigenvalue weighted by molar-refractivity contribution is 1.27. The minimum Gasteiger partial charge on any atom is -0.337 e. The number of fused-ring (bicyclic) bond motifs is 1. The second-order valence-corrected chi connectivity index (χ2v) is 4.05. The SMILES string of the molecule is N#CC(=Cc1ccncc1)c1nc2ccccc2[nH]1. The van der Waals surface area contributed by atoms with E-state index in [4.69, 9.17) is 0 Å². The molecule has 3 rings (SSSR count). The summed E-state index contributed by atoms with van der Waals surface area (Å²) in [5.74, 6) is 0.584. The first-order chi connectivity index (χ1) is 9.36. The summed E-state index contributed by atoms with van der Waals surface area (Å²) in [5, 5.41) is 9.27. The van der Waals surface area contributed by atoms with Gasteiger partial charge in [-0.1, -0.05) is 12.1 Å². The number of nitrogens with one attached hydrogen (secondary N) is 1. The molecule has 1 N–H and O–H groups in total. The molecule has 2 heterocycles. The molecule has 0 radical (unpaired) electrons. The fourth-order valence-corrected chi connectivity index (χ4v) is 1.86. The number of nitriles is 1. The number of H-pyrrole nitrogens is 1. The van der Waals surface area contributed by atoms with E-state index in [9.17, 15) is 5.26 Å². The normalized spacial score (nSPS) is 11.4. The van der Waals surface area contributed by atoms with Gasteiger partial charge in [-0.15, -0.1) is 0 Å². The lowest BCUT2D eigenvalue weighted by Gasteiger charge is -1.94. The van der Waals surface area contributed by atoms with Gasteiger partial charge in [-0.2, -0.15) is 5.26 Å². The summed E-state index contributed by atoms with van der Waals surface area (Å²) < 4.78 is 0. The summed E-state index contributed by atoms with van der Waals surface area (Å²) in [6.07, 6.45) is 5.18. The van der Waals surface area contributed by atoms with Crippen LogP contribution < -0.4 is 0 Å². The Hall–Kier alpha value is -2.93. The third-order valence-electron chi connectivity index (χ3n) is 2.78. The van der Waals surface area contributed by atoms with Crippen LogP contribution in [0.5, 0.6) is 0 Å². The van der Waals surface area contributed by atoms with Crippen molar-refractivity contribution in [3.63, 3.8) is 0 Å². The number of para-hydroxylation sites is 2. The Balaban J connectivity index is 2.08. The fourth-order valence-electron chi connectivity index (χ4n) is 1.86. The zero-order valence-corrected chi connectivity index (χ0v) is 10.0. The highest BCUT2D eigenvalue weighted by Crippen LogP contribution is 2.18. The minimum atomic E-state index is 0.502. The van der Waals surface area contributed by atoms with Gasteiger partial charge < -0.3 is 4.98 Å². The van der Waals surface area contributed by atoms with Crippen LogP contribution in [0.25, 0.3) is 22.7 Å². The molecule has 0 spiro atoms. The average molecular weight is 246 g/mol. The maximum atomic E-state index is 9.27. The first-order valence-corrected chi connectivity index (χ1v) is 5.84. The molecule has 0 bridgehead atoms. The van der Waals surface area contributed by atoms with Crippen LogP contribution in [-0.4, -0.2) is 15.0 Å². The molecule has 4 nitrogen and oxygen atoms in total. The van der Waals surface area contributed by atoms with Gasteiger partial charge in [0.2, 0.25) is 0 Å². The van der Waals surface area contributed by atoms with Crippen molar-refractivity contribution in [2.24, 2.45) is 0 Å². The van der Waals surface area contributed by atoms with Gasteiger partial charge in [0.1, 0.15) is 11.9 Å². The van der Waals surface area contributed by atoms with Crippen molar-refractivity contribution in [2.75, 3.05) is 0 Å². The molecule has 0 saturated heterocycles. The van der Waals surface area contributed by atoms with Gasteiger partial charge in [0, 0.05) is 12.4 Å². The van der Waals surface area contributed by atoms with Gasteiger partial charge in [-0.25, -0.2) is 4.98 Å². The van der Waals surface area contributed by atoms with Crippen LogP contribution in [0.15, 0.2) is 48.8 Å². The standard InChI is InChI=1S/C15H10N4/c16-10-12(9-11-5-7-17-8-6-11)15-18-13-3-1-2-4-14(13)19-15/h1-9H,(H,18,19). The van der Waals surface area contributed by atoms with Gasteiger partial charge in [-0.3, -0.25) is 4.98 Å². The van der Waals surface area contributed by atoms with Crippen molar-refractivity contribution in [2.45, 2.75) is 0 Å². The van der Waals surface area contributed by atoms with Crippen LogP contribution in [0.3, 0.4) is 0 Å². The van der Waals surface area contributed by atoms with E-state index in [1.54, 1.807) is 18.5 Å². The Morgan fingerprint density at radius 1 is 1.16 bits per heavy atom. The van der Waals surface area contributed by atoms with Gasteiger partial charge in [0.05, 0.1) is 16.6 Å². The van der Waals surface area contributed by atoms with E-state index in [-0.39, 0.29) is 0 Å². The Morgan fingerprint density at radius 2 is 1.95 bits per heavy atom. The molecule has 3 aromatic rings. The van der Waals surface area contributed by atoms with Crippen LogP contribution >= 0.6 is 0 Å². The Morgan fingerprint density at radius 3 is 2.68 bits per heavy atom. The Labute approximate surface area is 110 Å². The number of hydrogen-bond donors (Lipinski definition) is 1. The highest BCUT2D eigenvalue weighted by molar-refractivity contribution is 5.90. The lowest BCUT2D eigenvalue weighted by Crippen LogP contribution is -1.85. The van der Waals surface area contributed by atoms with E-state index in [2.05, 4.69) is 21.0 Å². The maximum absolute atomic E-state index is 9.27. The number of aromatic nitrogens is 3. The number of rotatable bonds is 2. The van der Waals surface area contributed by atoms with Gasteiger partial charge in [0.15, 0.2) is 0 Å². The molecular formula is C15H10N4. The van der Waals surface area contributed by atoms with E-state index < -0.39 is 0 Å². The molecule has 0 aliphatic carbocycles. The topological polar surface area (TPSA) is 65.4 Å². The predicted molar refractivity (Wildman–Crippen MR) is 73.8 cm³/mol. The summed E-state index contributed by atoms with van der Waals surface area (Å²) in [6.45, 7) is 0. The van der Waals surface area contributed by atoms with E-state index in [1.165, 1.54) is 0 Å². The fraction of sp³-hybridized carbons (Fsp3) is 0. The van der Waals surface area contributed by atoms with Crippen molar-refractivity contribution >= 4 is 22.7 Å². The second kappa shape index (κ2) is 4.75. The summed E-state index contributed by atoms with van der Waals surface area (Å²) >= 11 is 0. The summed E-state index contributed by atoms with van der Waals surface area (Å²) in [6, 6.07) is 13.6. The second-order valence-electron chi connectivity index (χ2n) is 4.05. The molecule has 4 heteroatoms. The largest absolute Gasteiger partial charge is 0.337 e. The zero-order chi connectivity index (χ0) is 13.1. The molecule has 0 fully saturated rings. The number of allylic oxidation sites excluding steroid dienone is 1. The smallest absolute Gasteiger partial charge is 0.149 e. The first kappa shape index (κ1) is 11.2. The number of aromatic amines is 1. The van der Waals surface area contributed by atoms with Gasteiger partial charge >= 0.3 is 0 Å². The van der Waals surface area contributed by atoms with Crippen molar-refractivity contribution < 1.29 is 0 Å². The predicted octanol–water partition coefficient (Wildman–Crippen LogP) is 3.02. The number of pyridine rings is 1. The van der Waals surface area contributed by atoms with Gasteiger partial charge in [0.25, 0.3) is 0 Å². The number of nitrogens with zero attached hydrogens (tertiary/aromatic N) is 3. The molecule has 19 heavy (non-hydrogen) atoms. The first-order valence-electron chi connectivity index (χ1n) is 5.84.